The smallest absolute Gasteiger partial charge is 0.167 e. The van der Waals surface area contributed by atoms with Crippen LogP contribution >= 0.6 is 11.3 Å². The summed E-state index contributed by atoms with van der Waals surface area (Å²) in [7, 11) is 0. The minimum atomic E-state index is -0.616. The molecule has 0 spiro atoms. The quantitative estimate of drug-likeness (QED) is 0.789. The summed E-state index contributed by atoms with van der Waals surface area (Å²) in [6.07, 6.45) is 2.58. The summed E-state index contributed by atoms with van der Waals surface area (Å²) in [4.78, 5) is 7.84. The number of hydrogen-bond donors (Lipinski definition) is 0. The molecular weight excluding hydrogens is 283 g/mol. The van der Waals surface area contributed by atoms with Gasteiger partial charge in [0.25, 0.3) is 0 Å². The van der Waals surface area contributed by atoms with Gasteiger partial charge in [0.15, 0.2) is 5.01 Å². The molecule has 0 amide bonds. The molecule has 1 fully saturated rings. The summed E-state index contributed by atoms with van der Waals surface area (Å²) >= 11 is 1.63. The van der Waals surface area contributed by atoms with E-state index in [4.69, 9.17) is 0 Å². The molecule has 0 unspecified atom stereocenters. The van der Waals surface area contributed by atoms with Gasteiger partial charge >= 0.3 is 0 Å². The van der Waals surface area contributed by atoms with Gasteiger partial charge in [-0.2, -0.15) is 0 Å². The van der Waals surface area contributed by atoms with Crippen molar-refractivity contribution < 1.29 is 4.39 Å². The van der Waals surface area contributed by atoms with Crippen LogP contribution in [-0.2, 0) is 6.54 Å². The number of nitrogens with zero attached hydrogens (tertiary/aromatic N) is 2. The van der Waals surface area contributed by atoms with Gasteiger partial charge in [0, 0.05) is 36.3 Å². The van der Waals surface area contributed by atoms with E-state index in [1.807, 2.05) is 36.5 Å². The Bertz CT molecular complexity index is 634. The van der Waals surface area contributed by atoms with Crippen LogP contribution in [0.3, 0.4) is 0 Å². The molecule has 2 nitrogen and oxygen atoms in total. The van der Waals surface area contributed by atoms with Gasteiger partial charge in [-0.3, -0.25) is 4.90 Å². The largest absolute Gasteiger partial charge is 0.298 e. The lowest BCUT2D eigenvalue weighted by atomic mass is 10.1. The van der Waals surface area contributed by atoms with Gasteiger partial charge in [0.2, 0.25) is 0 Å². The van der Waals surface area contributed by atoms with Crippen LogP contribution in [-0.4, -0.2) is 29.1 Å². The van der Waals surface area contributed by atoms with Crippen molar-refractivity contribution in [2.24, 2.45) is 0 Å². The second-order valence-corrected chi connectivity index (χ2v) is 6.31. The molecule has 0 N–H and O–H groups in total. The maximum Gasteiger partial charge on any atom is 0.167 e. The maximum atomic E-state index is 13.1. The molecule has 0 atom stereocenters. The lowest BCUT2D eigenvalue weighted by Crippen LogP contribution is -2.33. The maximum absolute atomic E-state index is 13.1. The predicted octanol–water partition coefficient (Wildman–Crippen LogP) is 3.48. The second kappa shape index (κ2) is 6.84. The van der Waals surface area contributed by atoms with E-state index in [-0.39, 0.29) is 0 Å². The second-order valence-electron chi connectivity index (χ2n) is 5.20. The minimum Gasteiger partial charge on any atom is -0.298 e. The third kappa shape index (κ3) is 4.13. The van der Waals surface area contributed by atoms with Crippen molar-refractivity contribution in [3.05, 3.63) is 52.0 Å². The van der Waals surface area contributed by atoms with Crippen LogP contribution < -0.4 is 0 Å². The predicted molar refractivity (Wildman–Crippen MR) is 83.9 cm³/mol. The highest BCUT2D eigenvalue weighted by Crippen LogP contribution is 2.19. The topological polar surface area (TPSA) is 16.1 Å². The highest BCUT2D eigenvalue weighted by molar-refractivity contribution is 7.12. The third-order valence-electron chi connectivity index (χ3n) is 3.54. The zero-order chi connectivity index (χ0) is 14.5. The zero-order valence-electron chi connectivity index (χ0n) is 11.8. The summed E-state index contributed by atoms with van der Waals surface area (Å²) in [6.45, 7) is 2.53. The molecule has 2 aromatic rings. The number of aromatic nitrogens is 1. The van der Waals surface area contributed by atoms with Crippen molar-refractivity contribution in [2.45, 2.75) is 25.6 Å². The first-order chi connectivity index (χ1) is 10.3. The SMILES string of the molecule is FC1CCN(Cc2cnc(C#Cc3ccccc3)s2)CC1. The Labute approximate surface area is 128 Å². The van der Waals surface area contributed by atoms with E-state index in [1.54, 1.807) is 11.3 Å². The molecule has 21 heavy (non-hydrogen) atoms. The van der Waals surface area contributed by atoms with Crippen molar-refractivity contribution in [3.8, 4) is 11.8 Å². The molecule has 1 aliphatic heterocycles. The molecule has 0 bridgehead atoms. The molecule has 3 rings (SSSR count). The number of thiazole rings is 1. The first kappa shape index (κ1) is 14.2. The summed E-state index contributed by atoms with van der Waals surface area (Å²) in [5.74, 6) is 6.22. The van der Waals surface area contributed by atoms with E-state index in [9.17, 15) is 4.39 Å². The highest BCUT2D eigenvalue weighted by atomic mass is 32.1. The molecule has 4 heteroatoms. The summed E-state index contributed by atoms with van der Waals surface area (Å²) < 4.78 is 13.1. The number of hydrogen-bond acceptors (Lipinski definition) is 3. The van der Waals surface area contributed by atoms with E-state index < -0.39 is 6.17 Å². The van der Waals surface area contributed by atoms with E-state index in [1.165, 1.54) is 4.88 Å². The Morgan fingerprint density at radius 1 is 1.19 bits per heavy atom. The van der Waals surface area contributed by atoms with E-state index in [0.717, 1.165) is 30.2 Å². The van der Waals surface area contributed by atoms with Crippen LogP contribution in [0.4, 0.5) is 4.39 Å². The fourth-order valence-electron chi connectivity index (χ4n) is 2.37. The van der Waals surface area contributed by atoms with E-state index in [0.29, 0.717) is 12.8 Å². The lowest BCUT2D eigenvalue weighted by molar-refractivity contribution is 0.146. The highest BCUT2D eigenvalue weighted by Gasteiger charge is 2.18. The van der Waals surface area contributed by atoms with Crippen LogP contribution in [0.1, 0.15) is 28.3 Å². The standard InChI is InChI=1S/C17H17FN2S/c18-15-8-10-20(11-9-15)13-16-12-19-17(21-16)7-6-14-4-2-1-3-5-14/h1-5,12,15H,8-11,13H2. The minimum absolute atomic E-state index is 0.616. The third-order valence-corrected chi connectivity index (χ3v) is 4.44. The van der Waals surface area contributed by atoms with E-state index >= 15 is 0 Å². The van der Waals surface area contributed by atoms with Crippen LogP contribution in [0.5, 0.6) is 0 Å². The van der Waals surface area contributed by atoms with Gasteiger partial charge in [0.05, 0.1) is 0 Å². The Hall–Kier alpha value is -1.70. The van der Waals surface area contributed by atoms with Crippen LogP contribution in [0.15, 0.2) is 36.5 Å². The van der Waals surface area contributed by atoms with Crippen molar-refractivity contribution >= 4 is 11.3 Å². The van der Waals surface area contributed by atoms with Crippen molar-refractivity contribution in [1.29, 1.82) is 0 Å². The molecular formula is C17H17FN2S. The molecule has 0 saturated carbocycles. The van der Waals surface area contributed by atoms with Crippen LogP contribution in [0, 0.1) is 11.8 Å². The first-order valence-corrected chi connectivity index (χ1v) is 7.99. The van der Waals surface area contributed by atoms with Crippen LogP contribution in [0.2, 0.25) is 0 Å². The molecule has 0 radical (unpaired) electrons. The number of rotatable bonds is 2. The molecule has 2 heterocycles. The van der Waals surface area contributed by atoms with Crippen molar-refractivity contribution in [1.82, 2.24) is 9.88 Å². The molecule has 1 aliphatic rings. The molecule has 108 valence electrons. The number of halogens is 1. The lowest BCUT2D eigenvalue weighted by Gasteiger charge is -2.27. The first-order valence-electron chi connectivity index (χ1n) is 7.18. The van der Waals surface area contributed by atoms with Gasteiger partial charge in [0.1, 0.15) is 6.17 Å². The Balaban J connectivity index is 1.60. The molecule has 0 aliphatic carbocycles. The van der Waals surface area contributed by atoms with Gasteiger partial charge in [-0.15, -0.1) is 11.3 Å². The van der Waals surface area contributed by atoms with E-state index in [2.05, 4.69) is 21.7 Å². The van der Waals surface area contributed by atoms with Gasteiger partial charge in [-0.05, 0) is 30.9 Å². The summed E-state index contributed by atoms with van der Waals surface area (Å²) in [5, 5.41) is 0.842. The fraction of sp³-hybridized carbons (Fsp3) is 0.353. The van der Waals surface area contributed by atoms with Crippen LogP contribution in [0.25, 0.3) is 0 Å². The summed E-state index contributed by atoms with van der Waals surface area (Å²) in [5.41, 5.74) is 0.999. The van der Waals surface area contributed by atoms with Gasteiger partial charge in [-0.25, -0.2) is 9.37 Å². The summed E-state index contributed by atoms with van der Waals surface area (Å²) in [6, 6.07) is 9.91. The number of likely N-dealkylation sites (tertiary alicyclic amines) is 1. The van der Waals surface area contributed by atoms with Crippen molar-refractivity contribution in [2.75, 3.05) is 13.1 Å². The molecule has 1 saturated heterocycles. The average molecular weight is 300 g/mol. The van der Waals surface area contributed by atoms with Gasteiger partial charge < -0.3 is 0 Å². The average Bonchev–Trinajstić information content (AvgIpc) is 2.96. The molecule has 1 aromatic heterocycles. The Morgan fingerprint density at radius 3 is 2.71 bits per heavy atom. The zero-order valence-corrected chi connectivity index (χ0v) is 12.6. The van der Waals surface area contributed by atoms with Crippen molar-refractivity contribution in [3.63, 3.8) is 0 Å². The normalized spacial score (nSPS) is 16.4. The van der Waals surface area contributed by atoms with Gasteiger partial charge in [-0.1, -0.05) is 24.1 Å². The monoisotopic (exact) mass is 300 g/mol. The number of benzene rings is 1. The number of alkyl halides is 1. The number of piperidine rings is 1. The Morgan fingerprint density at radius 2 is 1.95 bits per heavy atom. The Kier molecular flexibility index (Phi) is 4.64. The fourth-order valence-corrected chi connectivity index (χ4v) is 3.17. The molecule has 1 aromatic carbocycles.